The predicted molar refractivity (Wildman–Crippen MR) is 143 cm³/mol. The number of hydrogen-bond acceptors (Lipinski definition) is 4. The van der Waals surface area contributed by atoms with Gasteiger partial charge in [0, 0.05) is 23.1 Å². The number of ether oxygens (including phenoxy) is 1. The molecular formula is C29H27N5O2. The van der Waals surface area contributed by atoms with E-state index in [1.165, 1.54) is 0 Å². The monoisotopic (exact) mass is 477 g/mol. The van der Waals surface area contributed by atoms with Gasteiger partial charge in [0.2, 0.25) is 5.88 Å². The second kappa shape index (κ2) is 9.54. The fraction of sp³-hybridized carbons (Fsp3) is 0.138. The van der Waals surface area contributed by atoms with Crippen LogP contribution in [0.4, 0.5) is 16.2 Å². The Hall–Kier alpha value is -4.65. The number of nitrogens with one attached hydrogen (secondary N) is 2. The lowest BCUT2D eigenvalue weighted by Gasteiger charge is -2.22. The Balaban J connectivity index is 1.30. The Labute approximate surface area is 209 Å². The van der Waals surface area contributed by atoms with Crippen LogP contribution in [-0.2, 0) is 5.41 Å². The highest BCUT2D eigenvalue weighted by Crippen LogP contribution is 2.35. The van der Waals surface area contributed by atoms with Crippen LogP contribution in [0.25, 0.3) is 16.7 Å². The molecule has 0 aliphatic rings. The van der Waals surface area contributed by atoms with Crippen molar-refractivity contribution in [3.8, 4) is 17.3 Å². The molecule has 0 aliphatic heterocycles. The molecule has 5 aromatic rings. The highest BCUT2D eigenvalue weighted by molar-refractivity contribution is 6.00. The van der Waals surface area contributed by atoms with Crippen LogP contribution in [0.2, 0.25) is 0 Å². The Bertz CT molecular complexity index is 1520. The molecule has 5 rings (SSSR count). The van der Waals surface area contributed by atoms with Crippen molar-refractivity contribution in [2.45, 2.75) is 26.2 Å². The molecule has 0 spiro atoms. The van der Waals surface area contributed by atoms with Crippen LogP contribution in [0.3, 0.4) is 0 Å². The van der Waals surface area contributed by atoms with E-state index >= 15 is 0 Å². The first-order valence-electron chi connectivity index (χ1n) is 11.7. The Kier molecular flexibility index (Phi) is 6.12. The number of hydrogen-bond donors (Lipinski definition) is 2. The van der Waals surface area contributed by atoms with Gasteiger partial charge in [0.25, 0.3) is 0 Å². The molecular weight excluding hydrogens is 450 g/mol. The molecule has 0 aliphatic carbocycles. The molecule has 7 nitrogen and oxygen atoms in total. The number of para-hydroxylation sites is 3. The summed E-state index contributed by atoms with van der Waals surface area (Å²) in [7, 11) is 0. The van der Waals surface area contributed by atoms with E-state index in [0.717, 1.165) is 22.3 Å². The smallest absolute Gasteiger partial charge is 0.323 e. The highest BCUT2D eigenvalue weighted by atomic mass is 16.5. The third-order valence-corrected chi connectivity index (χ3v) is 5.78. The van der Waals surface area contributed by atoms with E-state index in [2.05, 4.69) is 41.4 Å². The largest absolute Gasteiger partial charge is 0.437 e. The van der Waals surface area contributed by atoms with Crippen LogP contribution in [0.15, 0.2) is 97.5 Å². The molecule has 2 N–H and O–H groups in total. The summed E-state index contributed by atoms with van der Waals surface area (Å²) >= 11 is 0. The van der Waals surface area contributed by atoms with E-state index in [9.17, 15) is 4.79 Å². The number of fused-ring (bicyclic) bond motifs is 1. The maximum absolute atomic E-state index is 12.8. The number of carbonyl (C=O) groups is 1. The third kappa shape index (κ3) is 4.90. The van der Waals surface area contributed by atoms with Gasteiger partial charge in [-0.3, -0.25) is 4.57 Å². The first-order chi connectivity index (χ1) is 17.4. The van der Waals surface area contributed by atoms with E-state index in [-0.39, 0.29) is 5.41 Å². The summed E-state index contributed by atoms with van der Waals surface area (Å²) in [5.74, 6) is 1.03. The maximum Gasteiger partial charge on any atom is 0.323 e. The van der Waals surface area contributed by atoms with Gasteiger partial charge in [-0.25, -0.2) is 14.8 Å². The standard InChI is InChI=1S/C29H27N5O2/c1-29(2,3)22-9-4-7-13-26(22)36-27-24(11-8-18-30-27)33-28(35)32-20-14-16-21(17-15-20)34-19-31-23-10-5-6-12-25(23)34/h4-19H,1-3H3,(H2,32,33,35). The number of carbonyl (C=O) groups excluding carboxylic acids is 1. The fourth-order valence-corrected chi connectivity index (χ4v) is 4.00. The number of imidazole rings is 1. The number of anilines is 2. The van der Waals surface area contributed by atoms with Gasteiger partial charge in [-0.05, 0) is 60.0 Å². The number of urea groups is 1. The van der Waals surface area contributed by atoms with Crippen molar-refractivity contribution in [2.24, 2.45) is 0 Å². The van der Waals surface area contributed by atoms with Crippen molar-refractivity contribution >= 4 is 28.4 Å². The minimum absolute atomic E-state index is 0.106. The summed E-state index contributed by atoms with van der Waals surface area (Å²) < 4.78 is 8.16. The molecule has 0 atom stereocenters. The number of aromatic nitrogens is 3. The second-order valence-electron chi connectivity index (χ2n) is 9.43. The summed E-state index contributed by atoms with van der Waals surface area (Å²) in [4.78, 5) is 21.6. The van der Waals surface area contributed by atoms with Gasteiger partial charge in [0.1, 0.15) is 17.8 Å². The molecule has 0 fully saturated rings. The van der Waals surface area contributed by atoms with Crippen molar-refractivity contribution in [1.82, 2.24) is 14.5 Å². The summed E-state index contributed by atoms with van der Waals surface area (Å²) in [6.07, 6.45) is 3.43. The first kappa shape index (κ1) is 23.1. The zero-order valence-corrected chi connectivity index (χ0v) is 20.4. The Morgan fingerprint density at radius 1 is 0.833 bits per heavy atom. The van der Waals surface area contributed by atoms with Gasteiger partial charge in [0.15, 0.2) is 0 Å². The van der Waals surface area contributed by atoms with Gasteiger partial charge in [-0.1, -0.05) is 51.1 Å². The molecule has 2 aromatic heterocycles. The molecule has 0 radical (unpaired) electrons. The number of rotatable bonds is 5. The van der Waals surface area contributed by atoms with E-state index in [4.69, 9.17) is 4.74 Å². The molecule has 36 heavy (non-hydrogen) atoms. The summed E-state index contributed by atoms with van der Waals surface area (Å²) in [6.45, 7) is 6.38. The van der Waals surface area contributed by atoms with Crippen molar-refractivity contribution in [2.75, 3.05) is 10.6 Å². The molecule has 0 unspecified atom stereocenters. The van der Waals surface area contributed by atoms with Gasteiger partial charge in [-0.2, -0.15) is 0 Å². The van der Waals surface area contributed by atoms with Crippen molar-refractivity contribution in [1.29, 1.82) is 0 Å². The van der Waals surface area contributed by atoms with Crippen LogP contribution in [0, 0.1) is 0 Å². The topological polar surface area (TPSA) is 81.1 Å². The van der Waals surface area contributed by atoms with E-state index < -0.39 is 6.03 Å². The van der Waals surface area contributed by atoms with Gasteiger partial charge in [-0.15, -0.1) is 0 Å². The number of pyridine rings is 1. The highest BCUT2D eigenvalue weighted by Gasteiger charge is 2.20. The maximum atomic E-state index is 12.8. The third-order valence-electron chi connectivity index (χ3n) is 5.78. The lowest BCUT2D eigenvalue weighted by atomic mass is 9.86. The number of benzene rings is 3. The Morgan fingerprint density at radius 2 is 1.58 bits per heavy atom. The average Bonchev–Trinajstić information content (AvgIpc) is 3.30. The average molecular weight is 478 g/mol. The minimum Gasteiger partial charge on any atom is -0.437 e. The van der Waals surface area contributed by atoms with Crippen LogP contribution >= 0.6 is 0 Å². The van der Waals surface area contributed by atoms with Crippen LogP contribution in [0.5, 0.6) is 11.6 Å². The summed E-state index contributed by atoms with van der Waals surface area (Å²) in [6, 6.07) is 26.5. The normalized spacial score (nSPS) is 11.3. The lowest BCUT2D eigenvalue weighted by molar-refractivity contribution is 0.262. The molecule has 2 heterocycles. The van der Waals surface area contributed by atoms with E-state index in [0.29, 0.717) is 23.0 Å². The molecule has 180 valence electrons. The van der Waals surface area contributed by atoms with Crippen LogP contribution < -0.4 is 15.4 Å². The van der Waals surface area contributed by atoms with Gasteiger partial charge in [0.05, 0.1) is 11.0 Å². The van der Waals surface area contributed by atoms with E-state index in [1.54, 1.807) is 24.7 Å². The van der Waals surface area contributed by atoms with Crippen molar-refractivity contribution < 1.29 is 9.53 Å². The number of nitrogens with zero attached hydrogens (tertiary/aromatic N) is 3. The molecule has 2 amide bonds. The molecule has 0 saturated heterocycles. The molecule has 0 bridgehead atoms. The predicted octanol–water partition coefficient (Wildman–Crippen LogP) is 7.15. The zero-order valence-electron chi connectivity index (χ0n) is 20.4. The SMILES string of the molecule is CC(C)(C)c1ccccc1Oc1ncccc1NC(=O)Nc1ccc(-n2cnc3ccccc32)cc1. The lowest BCUT2D eigenvalue weighted by Crippen LogP contribution is -2.20. The van der Waals surface area contributed by atoms with Crippen LogP contribution in [0.1, 0.15) is 26.3 Å². The van der Waals surface area contributed by atoms with E-state index in [1.807, 2.05) is 77.4 Å². The fourth-order valence-electron chi connectivity index (χ4n) is 4.00. The van der Waals surface area contributed by atoms with Gasteiger partial charge < -0.3 is 15.4 Å². The van der Waals surface area contributed by atoms with Gasteiger partial charge >= 0.3 is 6.03 Å². The van der Waals surface area contributed by atoms with Crippen LogP contribution in [-0.4, -0.2) is 20.6 Å². The van der Waals surface area contributed by atoms with Crippen molar-refractivity contribution in [3.63, 3.8) is 0 Å². The summed E-state index contributed by atoms with van der Waals surface area (Å²) in [5.41, 5.74) is 4.98. The number of amides is 2. The van der Waals surface area contributed by atoms with Crippen molar-refractivity contribution in [3.05, 3.63) is 103 Å². The zero-order chi connectivity index (χ0) is 25.1. The minimum atomic E-state index is -0.391. The molecule has 7 heteroatoms. The first-order valence-corrected chi connectivity index (χ1v) is 11.7. The Morgan fingerprint density at radius 3 is 2.39 bits per heavy atom. The molecule has 0 saturated carbocycles. The summed E-state index contributed by atoms with van der Waals surface area (Å²) in [5, 5.41) is 5.72. The second-order valence-corrected chi connectivity index (χ2v) is 9.43. The quantitative estimate of drug-likeness (QED) is 0.282. The molecule has 3 aromatic carbocycles.